The number of benzene rings is 1. The van der Waals surface area contributed by atoms with Crippen molar-refractivity contribution in [2.75, 3.05) is 6.54 Å². The smallest absolute Gasteiger partial charge is 0.165 e. The number of rotatable bonds is 4. The van der Waals surface area contributed by atoms with Gasteiger partial charge in [-0.3, -0.25) is 0 Å². The van der Waals surface area contributed by atoms with Gasteiger partial charge in [0.2, 0.25) is 0 Å². The van der Waals surface area contributed by atoms with E-state index >= 15 is 0 Å². The lowest BCUT2D eigenvalue weighted by Gasteiger charge is -2.17. The van der Waals surface area contributed by atoms with Gasteiger partial charge in [-0.15, -0.1) is 0 Å². The SMILES string of the molecule is [N-]=[N+]=NCC(O)C(O)c1cccc(F)c1O. The molecule has 0 saturated carbocycles. The summed E-state index contributed by atoms with van der Waals surface area (Å²) in [5.74, 6) is -1.62. The third-order valence-electron chi connectivity index (χ3n) is 2.03. The van der Waals surface area contributed by atoms with Gasteiger partial charge in [0.1, 0.15) is 6.10 Å². The molecule has 0 bridgehead atoms. The Labute approximate surface area is 90.2 Å². The van der Waals surface area contributed by atoms with Crippen molar-refractivity contribution in [3.8, 4) is 5.75 Å². The number of hydrogen-bond acceptors (Lipinski definition) is 4. The molecule has 16 heavy (non-hydrogen) atoms. The number of para-hydroxylation sites is 1. The van der Waals surface area contributed by atoms with E-state index in [1.807, 2.05) is 0 Å². The van der Waals surface area contributed by atoms with Crippen LogP contribution in [-0.2, 0) is 0 Å². The molecule has 2 atom stereocenters. The van der Waals surface area contributed by atoms with Crippen LogP contribution in [0.4, 0.5) is 4.39 Å². The van der Waals surface area contributed by atoms with Crippen LogP contribution in [0.15, 0.2) is 23.3 Å². The number of phenols is 1. The first-order chi connectivity index (χ1) is 7.57. The zero-order chi connectivity index (χ0) is 12.1. The highest BCUT2D eigenvalue weighted by Gasteiger charge is 2.22. The van der Waals surface area contributed by atoms with Crippen molar-refractivity contribution in [1.29, 1.82) is 0 Å². The van der Waals surface area contributed by atoms with Gasteiger partial charge in [-0.1, -0.05) is 17.2 Å². The van der Waals surface area contributed by atoms with Crippen LogP contribution in [0.5, 0.6) is 5.75 Å². The summed E-state index contributed by atoms with van der Waals surface area (Å²) in [4.78, 5) is 2.41. The summed E-state index contributed by atoms with van der Waals surface area (Å²) in [5, 5.41) is 31.3. The fourth-order valence-corrected chi connectivity index (χ4v) is 1.20. The zero-order valence-electron chi connectivity index (χ0n) is 8.16. The monoisotopic (exact) mass is 227 g/mol. The van der Waals surface area contributed by atoms with Gasteiger partial charge in [-0.25, -0.2) is 4.39 Å². The van der Waals surface area contributed by atoms with Crippen LogP contribution in [0.2, 0.25) is 0 Å². The molecule has 86 valence electrons. The Hall–Kier alpha value is -1.82. The number of hydrogen-bond donors (Lipinski definition) is 3. The minimum Gasteiger partial charge on any atom is -0.505 e. The second kappa shape index (κ2) is 5.32. The van der Waals surface area contributed by atoms with Gasteiger partial charge in [0.15, 0.2) is 11.6 Å². The minimum absolute atomic E-state index is 0.152. The lowest BCUT2D eigenvalue weighted by atomic mass is 10.0. The molecule has 0 amide bonds. The maximum atomic E-state index is 12.9. The van der Waals surface area contributed by atoms with Gasteiger partial charge >= 0.3 is 0 Å². The average molecular weight is 227 g/mol. The van der Waals surface area contributed by atoms with Crippen molar-refractivity contribution >= 4 is 0 Å². The maximum absolute atomic E-state index is 12.9. The van der Waals surface area contributed by atoms with E-state index in [0.717, 1.165) is 6.07 Å². The van der Waals surface area contributed by atoms with Gasteiger partial charge in [-0.2, -0.15) is 0 Å². The first-order valence-electron chi connectivity index (χ1n) is 4.42. The summed E-state index contributed by atoms with van der Waals surface area (Å²) in [7, 11) is 0. The molecule has 0 radical (unpaired) electrons. The van der Waals surface area contributed by atoms with Crippen LogP contribution in [0.1, 0.15) is 11.7 Å². The summed E-state index contributed by atoms with van der Waals surface area (Å²) in [5.41, 5.74) is 7.87. The molecule has 1 rings (SSSR count). The zero-order valence-corrected chi connectivity index (χ0v) is 8.16. The molecule has 0 aliphatic rings. The van der Waals surface area contributed by atoms with Crippen molar-refractivity contribution in [3.63, 3.8) is 0 Å². The van der Waals surface area contributed by atoms with E-state index in [9.17, 15) is 19.7 Å². The highest BCUT2D eigenvalue weighted by atomic mass is 19.1. The van der Waals surface area contributed by atoms with E-state index in [-0.39, 0.29) is 12.1 Å². The molecule has 6 nitrogen and oxygen atoms in total. The fourth-order valence-electron chi connectivity index (χ4n) is 1.20. The lowest BCUT2D eigenvalue weighted by molar-refractivity contribution is 0.0227. The lowest BCUT2D eigenvalue weighted by Crippen LogP contribution is -2.21. The number of azide groups is 1. The van der Waals surface area contributed by atoms with Crippen molar-refractivity contribution in [3.05, 3.63) is 40.0 Å². The Balaban J connectivity index is 2.91. The summed E-state index contributed by atoms with van der Waals surface area (Å²) in [6, 6.07) is 3.57. The second-order valence-electron chi connectivity index (χ2n) is 3.10. The topological polar surface area (TPSA) is 109 Å². The molecule has 0 heterocycles. The molecular weight excluding hydrogens is 217 g/mol. The molecule has 0 aliphatic heterocycles. The van der Waals surface area contributed by atoms with E-state index < -0.39 is 23.8 Å². The third kappa shape index (κ3) is 2.60. The number of halogens is 1. The Morgan fingerprint density at radius 3 is 2.75 bits per heavy atom. The Bertz CT molecular complexity index is 420. The van der Waals surface area contributed by atoms with E-state index in [0.29, 0.717) is 0 Å². The van der Waals surface area contributed by atoms with Gasteiger partial charge in [-0.05, 0) is 11.6 Å². The van der Waals surface area contributed by atoms with E-state index in [2.05, 4.69) is 10.0 Å². The first-order valence-corrected chi connectivity index (χ1v) is 4.42. The fraction of sp³-hybridized carbons (Fsp3) is 0.333. The number of aliphatic hydroxyl groups excluding tert-OH is 2. The normalized spacial score (nSPS) is 13.9. The molecule has 0 aliphatic carbocycles. The Morgan fingerprint density at radius 1 is 1.44 bits per heavy atom. The van der Waals surface area contributed by atoms with Gasteiger partial charge in [0.25, 0.3) is 0 Å². The van der Waals surface area contributed by atoms with Gasteiger partial charge in [0.05, 0.1) is 12.6 Å². The molecule has 7 heteroatoms. The summed E-state index contributed by atoms with van der Waals surface area (Å²) in [6.45, 7) is -0.367. The second-order valence-corrected chi connectivity index (χ2v) is 3.10. The molecule has 3 N–H and O–H groups in total. The quantitative estimate of drug-likeness (QED) is 0.408. The molecule has 0 saturated heterocycles. The number of aromatic hydroxyl groups is 1. The van der Waals surface area contributed by atoms with Crippen LogP contribution < -0.4 is 0 Å². The molecule has 2 unspecified atom stereocenters. The molecule has 0 fully saturated rings. The molecule has 1 aromatic rings. The van der Waals surface area contributed by atoms with Crippen LogP contribution in [0.3, 0.4) is 0 Å². The summed E-state index contributed by atoms with van der Waals surface area (Å²) in [6.07, 6.45) is -2.91. The molecule has 0 spiro atoms. The van der Waals surface area contributed by atoms with Crippen LogP contribution in [-0.4, -0.2) is 28.0 Å². The average Bonchev–Trinajstić information content (AvgIpc) is 2.28. The van der Waals surface area contributed by atoms with E-state index in [1.165, 1.54) is 12.1 Å². The van der Waals surface area contributed by atoms with E-state index in [4.69, 9.17) is 5.53 Å². The Kier molecular flexibility index (Phi) is 4.07. The molecule has 0 aromatic heterocycles. The van der Waals surface area contributed by atoms with Crippen molar-refractivity contribution in [2.24, 2.45) is 5.11 Å². The highest BCUT2D eigenvalue weighted by molar-refractivity contribution is 5.35. The summed E-state index contributed by atoms with van der Waals surface area (Å²) < 4.78 is 12.9. The number of aliphatic hydroxyl groups is 2. The largest absolute Gasteiger partial charge is 0.505 e. The molecular formula is C9H10FN3O3. The van der Waals surface area contributed by atoms with Gasteiger partial charge in [0, 0.05) is 10.5 Å². The highest BCUT2D eigenvalue weighted by Crippen LogP contribution is 2.28. The number of nitrogens with zero attached hydrogens (tertiary/aromatic N) is 3. The number of phenolic OH excluding ortho intramolecular Hbond substituents is 1. The van der Waals surface area contributed by atoms with Crippen LogP contribution in [0, 0.1) is 5.82 Å². The maximum Gasteiger partial charge on any atom is 0.165 e. The third-order valence-corrected chi connectivity index (χ3v) is 2.03. The van der Waals surface area contributed by atoms with Crippen molar-refractivity contribution in [2.45, 2.75) is 12.2 Å². The van der Waals surface area contributed by atoms with Crippen molar-refractivity contribution < 1.29 is 19.7 Å². The predicted octanol–water partition coefficient (Wildman–Crippen LogP) is 1.24. The summed E-state index contributed by atoms with van der Waals surface area (Å²) >= 11 is 0. The van der Waals surface area contributed by atoms with E-state index in [1.54, 1.807) is 0 Å². The predicted molar refractivity (Wildman–Crippen MR) is 53.0 cm³/mol. The first kappa shape index (κ1) is 12.3. The van der Waals surface area contributed by atoms with Crippen molar-refractivity contribution in [1.82, 2.24) is 0 Å². The van der Waals surface area contributed by atoms with Gasteiger partial charge < -0.3 is 15.3 Å². The minimum atomic E-state index is -1.51. The molecule has 1 aromatic carbocycles. The standard InChI is InChI=1S/C9H10FN3O3/c10-6-3-1-2-5(8(6)15)9(16)7(14)4-12-13-11/h1-3,7,9,14-16H,4H2. The van der Waals surface area contributed by atoms with Crippen LogP contribution in [0.25, 0.3) is 10.4 Å². The Morgan fingerprint density at radius 2 is 2.12 bits per heavy atom. The van der Waals surface area contributed by atoms with Crippen LogP contribution >= 0.6 is 0 Å².